The van der Waals surface area contributed by atoms with E-state index >= 15 is 0 Å². The summed E-state index contributed by atoms with van der Waals surface area (Å²) in [7, 11) is 4.57. The Morgan fingerprint density at radius 3 is 1.72 bits per heavy atom. The van der Waals surface area contributed by atoms with Crippen LogP contribution in [0.4, 0.5) is 0 Å². The lowest BCUT2D eigenvalue weighted by molar-refractivity contribution is 0.101. The summed E-state index contributed by atoms with van der Waals surface area (Å²) < 4.78 is 15.7. The third-order valence-corrected chi connectivity index (χ3v) is 2.37. The van der Waals surface area contributed by atoms with E-state index in [-0.39, 0.29) is 5.78 Å². The highest BCUT2D eigenvalue weighted by Gasteiger charge is 2.20. The molecular formula is C14H22O4. The van der Waals surface area contributed by atoms with Crippen LogP contribution in [0.25, 0.3) is 0 Å². The maximum atomic E-state index is 11.5. The van der Waals surface area contributed by atoms with Gasteiger partial charge in [0.05, 0.1) is 26.9 Å². The first-order valence-corrected chi connectivity index (χ1v) is 5.87. The van der Waals surface area contributed by atoms with Crippen molar-refractivity contribution in [2.45, 2.75) is 27.7 Å². The number of methoxy groups -OCH3 is 3. The summed E-state index contributed by atoms with van der Waals surface area (Å²) in [6.07, 6.45) is 0. The Balaban J connectivity index is 0.00000137. The van der Waals surface area contributed by atoms with Crippen molar-refractivity contribution in [1.82, 2.24) is 0 Å². The molecule has 0 atom stereocenters. The molecule has 4 nitrogen and oxygen atoms in total. The maximum absolute atomic E-state index is 11.5. The summed E-state index contributed by atoms with van der Waals surface area (Å²) >= 11 is 0. The van der Waals surface area contributed by atoms with Crippen LogP contribution in [-0.2, 0) is 0 Å². The highest BCUT2D eigenvalue weighted by atomic mass is 16.5. The average molecular weight is 254 g/mol. The molecule has 0 bridgehead atoms. The van der Waals surface area contributed by atoms with Gasteiger partial charge in [0.1, 0.15) is 0 Å². The van der Waals surface area contributed by atoms with Gasteiger partial charge in [-0.2, -0.15) is 0 Å². The molecule has 0 fully saturated rings. The Morgan fingerprint density at radius 2 is 1.39 bits per heavy atom. The van der Waals surface area contributed by atoms with E-state index in [0.717, 1.165) is 5.56 Å². The summed E-state index contributed by atoms with van der Waals surface area (Å²) in [6, 6.07) is 1.74. The molecule has 4 heteroatoms. The molecule has 0 aliphatic carbocycles. The van der Waals surface area contributed by atoms with Crippen molar-refractivity contribution in [1.29, 1.82) is 0 Å². The van der Waals surface area contributed by atoms with Crippen LogP contribution in [0.15, 0.2) is 6.07 Å². The summed E-state index contributed by atoms with van der Waals surface area (Å²) in [5, 5.41) is 0. The molecule has 0 spiro atoms. The standard InChI is InChI=1S/C12H16O4.C2H6/c1-7-6-9(8(2)13)11(15-4)12(16-5)10(7)14-3;1-2/h6H,1-5H3;1-2H3. The highest BCUT2D eigenvalue weighted by molar-refractivity contribution is 5.98. The molecule has 0 radical (unpaired) electrons. The lowest BCUT2D eigenvalue weighted by Crippen LogP contribution is -2.03. The van der Waals surface area contributed by atoms with E-state index in [1.807, 2.05) is 20.8 Å². The van der Waals surface area contributed by atoms with Gasteiger partial charge in [-0.3, -0.25) is 4.79 Å². The molecule has 0 saturated heterocycles. The molecule has 1 rings (SSSR count). The fourth-order valence-electron chi connectivity index (χ4n) is 1.66. The van der Waals surface area contributed by atoms with E-state index in [1.165, 1.54) is 21.1 Å². The van der Waals surface area contributed by atoms with Gasteiger partial charge < -0.3 is 14.2 Å². The Bertz CT molecular complexity index is 411. The van der Waals surface area contributed by atoms with Gasteiger partial charge in [0.2, 0.25) is 5.75 Å². The molecule has 0 N–H and O–H groups in total. The van der Waals surface area contributed by atoms with E-state index in [2.05, 4.69) is 0 Å². The van der Waals surface area contributed by atoms with Crippen molar-refractivity contribution >= 4 is 5.78 Å². The molecule has 102 valence electrons. The maximum Gasteiger partial charge on any atom is 0.204 e. The first-order valence-electron chi connectivity index (χ1n) is 5.87. The predicted octanol–water partition coefficient (Wildman–Crippen LogP) is 3.25. The third-order valence-electron chi connectivity index (χ3n) is 2.37. The quantitative estimate of drug-likeness (QED) is 0.774. The molecule has 0 unspecified atom stereocenters. The number of ether oxygens (including phenoxy) is 3. The second kappa shape index (κ2) is 7.58. The SMILES string of the molecule is CC.COc1c(C)cc(C(C)=O)c(OC)c1OC. The number of ketones is 1. The topological polar surface area (TPSA) is 44.8 Å². The largest absolute Gasteiger partial charge is 0.492 e. The normalized spacial score (nSPS) is 9.06. The molecular weight excluding hydrogens is 232 g/mol. The molecule has 0 amide bonds. The Morgan fingerprint density at radius 1 is 0.944 bits per heavy atom. The van der Waals surface area contributed by atoms with Gasteiger partial charge in [0.25, 0.3) is 0 Å². The first kappa shape index (κ1) is 16.3. The second-order valence-electron chi connectivity index (χ2n) is 3.40. The Kier molecular flexibility index (Phi) is 6.86. The number of hydrogen-bond donors (Lipinski definition) is 0. The van der Waals surface area contributed by atoms with Crippen molar-refractivity contribution in [2.75, 3.05) is 21.3 Å². The van der Waals surface area contributed by atoms with Gasteiger partial charge in [0.15, 0.2) is 17.3 Å². The van der Waals surface area contributed by atoms with Crippen LogP contribution in [0.5, 0.6) is 17.2 Å². The van der Waals surface area contributed by atoms with E-state index in [9.17, 15) is 4.79 Å². The zero-order valence-electron chi connectivity index (χ0n) is 12.2. The van der Waals surface area contributed by atoms with E-state index in [0.29, 0.717) is 22.8 Å². The molecule has 0 heterocycles. The van der Waals surface area contributed by atoms with Crippen LogP contribution in [-0.4, -0.2) is 27.1 Å². The average Bonchev–Trinajstić information content (AvgIpc) is 2.39. The van der Waals surface area contributed by atoms with Crippen LogP contribution >= 0.6 is 0 Å². The Hall–Kier alpha value is -1.71. The smallest absolute Gasteiger partial charge is 0.204 e. The zero-order chi connectivity index (χ0) is 14.3. The summed E-state index contributed by atoms with van der Waals surface area (Å²) in [4.78, 5) is 11.5. The van der Waals surface area contributed by atoms with Crippen molar-refractivity contribution in [3.63, 3.8) is 0 Å². The van der Waals surface area contributed by atoms with Crippen LogP contribution in [0.2, 0.25) is 0 Å². The number of hydrogen-bond acceptors (Lipinski definition) is 4. The van der Waals surface area contributed by atoms with Crippen molar-refractivity contribution in [3.8, 4) is 17.2 Å². The van der Waals surface area contributed by atoms with Gasteiger partial charge in [-0.15, -0.1) is 0 Å². The Labute approximate surface area is 109 Å². The molecule has 0 saturated carbocycles. The van der Waals surface area contributed by atoms with Crippen molar-refractivity contribution in [3.05, 3.63) is 17.2 Å². The van der Waals surface area contributed by atoms with Crippen LogP contribution in [0, 0.1) is 6.92 Å². The van der Waals surface area contributed by atoms with E-state index in [1.54, 1.807) is 13.2 Å². The van der Waals surface area contributed by atoms with Gasteiger partial charge in [0, 0.05) is 0 Å². The molecule has 1 aromatic carbocycles. The fraction of sp³-hybridized carbons (Fsp3) is 0.500. The summed E-state index contributed by atoms with van der Waals surface area (Å²) in [6.45, 7) is 7.34. The summed E-state index contributed by atoms with van der Waals surface area (Å²) in [5.41, 5.74) is 1.34. The lowest BCUT2D eigenvalue weighted by atomic mass is 10.1. The van der Waals surface area contributed by atoms with E-state index < -0.39 is 0 Å². The second-order valence-corrected chi connectivity index (χ2v) is 3.40. The van der Waals surface area contributed by atoms with Crippen molar-refractivity contribution < 1.29 is 19.0 Å². The molecule has 18 heavy (non-hydrogen) atoms. The minimum atomic E-state index is -0.0686. The highest BCUT2D eigenvalue weighted by Crippen LogP contribution is 2.42. The third kappa shape index (κ3) is 3.15. The van der Waals surface area contributed by atoms with Crippen LogP contribution in [0.1, 0.15) is 36.7 Å². The lowest BCUT2D eigenvalue weighted by Gasteiger charge is -2.16. The number of carbonyl (C=O) groups excluding carboxylic acids is 1. The molecule has 0 aliphatic rings. The molecule has 0 aliphatic heterocycles. The number of Topliss-reactive ketones (excluding diaryl/α,β-unsaturated/α-hetero) is 1. The van der Waals surface area contributed by atoms with Gasteiger partial charge >= 0.3 is 0 Å². The number of benzene rings is 1. The summed E-state index contributed by atoms with van der Waals surface area (Å²) in [5.74, 6) is 1.39. The minimum Gasteiger partial charge on any atom is -0.492 e. The van der Waals surface area contributed by atoms with Gasteiger partial charge in [-0.05, 0) is 25.5 Å². The zero-order valence-corrected chi connectivity index (χ0v) is 12.2. The monoisotopic (exact) mass is 254 g/mol. The number of rotatable bonds is 4. The van der Waals surface area contributed by atoms with Crippen LogP contribution < -0.4 is 14.2 Å². The number of carbonyl (C=O) groups is 1. The van der Waals surface area contributed by atoms with Crippen molar-refractivity contribution in [2.24, 2.45) is 0 Å². The first-order chi connectivity index (χ1) is 8.56. The predicted molar refractivity (Wildman–Crippen MR) is 72.2 cm³/mol. The van der Waals surface area contributed by atoms with Gasteiger partial charge in [-0.1, -0.05) is 13.8 Å². The number of aryl methyl sites for hydroxylation is 1. The molecule has 1 aromatic rings. The van der Waals surface area contributed by atoms with Gasteiger partial charge in [-0.25, -0.2) is 0 Å². The fourth-order valence-corrected chi connectivity index (χ4v) is 1.66. The molecule has 0 aromatic heterocycles. The van der Waals surface area contributed by atoms with Crippen LogP contribution in [0.3, 0.4) is 0 Å². The van der Waals surface area contributed by atoms with E-state index in [4.69, 9.17) is 14.2 Å². The minimum absolute atomic E-state index is 0.0686.